The quantitative estimate of drug-likeness (QED) is 0.837. The Labute approximate surface area is 103 Å². The van der Waals surface area contributed by atoms with Crippen molar-refractivity contribution in [3.8, 4) is 0 Å². The average molecular weight is 232 g/mol. The van der Waals surface area contributed by atoms with Gasteiger partial charge in [-0.15, -0.1) is 0 Å². The summed E-state index contributed by atoms with van der Waals surface area (Å²) in [5, 5.41) is 0. The molecule has 0 aromatic heterocycles. The van der Waals surface area contributed by atoms with Crippen LogP contribution in [0.2, 0.25) is 0 Å². The Morgan fingerprint density at radius 1 is 1.12 bits per heavy atom. The van der Waals surface area contributed by atoms with Crippen LogP contribution in [0.25, 0.3) is 0 Å². The molecule has 0 spiro atoms. The van der Waals surface area contributed by atoms with Gasteiger partial charge in [0.15, 0.2) is 0 Å². The fourth-order valence-electron chi connectivity index (χ4n) is 3.08. The number of nitrogens with zero attached hydrogens (tertiary/aromatic N) is 1. The normalized spacial score (nSPS) is 33.6. The number of benzene rings is 1. The van der Waals surface area contributed by atoms with Crippen molar-refractivity contribution in [1.29, 1.82) is 0 Å². The Bertz CT molecular complexity index is 354. The molecule has 3 nitrogen and oxygen atoms in total. The van der Waals surface area contributed by atoms with Gasteiger partial charge in [0.2, 0.25) is 0 Å². The molecule has 1 aromatic rings. The maximum absolute atomic E-state index is 6.10. The molecule has 2 unspecified atom stereocenters. The van der Waals surface area contributed by atoms with Crippen molar-refractivity contribution in [2.24, 2.45) is 5.73 Å². The van der Waals surface area contributed by atoms with Crippen LogP contribution in [0.1, 0.15) is 18.4 Å². The summed E-state index contributed by atoms with van der Waals surface area (Å²) in [6.07, 6.45) is 2.15. The van der Waals surface area contributed by atoms with Crippen LogP contribution in [0.4, 0.5) is 0 Å². The third-order valence-electron chi connectivity index (χ3n) is 3.92. The van der Waals surface area contributed by atoms with Gasteiger partial charge in [0.25, 0.3) is 0 Å². The first-order valence-corrected chi connectivity index (χ1v) is 6.46. The number of fused-ring (bicyclic) bond motifs is 2. The Kier molecular flexibility index (Phi) is 3.14. The van der Waals surface area contributed by atoms with Crippen LogP contribution in [0.15, 0.2) is 30.3 Å². The van der Waals surface area contributed by atoms with Gasteiger partial charge in [-0.3, -0.25) is 4.90 Å². The van der Waals surface area contributed by atoms with Crippen LogP contribution < -0.4 is 5.73 Å². The zero-order chi connectivity index (χ0) is 11.7. The number of rotatable bonds is 2. The van der Waals surface area contributed by atoms with Gasteiger partial charge in [-0.05, 0) is 18.4 Å². The van der Waals surface area contributed by atoms with E-state index in [9.17, 15) is 0 Å². The highest BCUT2D eigenvalue weighted by atomic mass is 16.5. The fourth-order valence-corrected chi connectivity index (χ4v) is 3.08. The molecule has 2 heterocycles. The summed E-state index contributed by atoms with van der Waals surface area (Å²) >= 11 is 0. The van der Waals surface area contributed by atoms with Crippen LogP contribution in [0.3, 0.4) is 0 Å². The molecule has 2 fully saturated rings. The van der Waals surface area contributed by atoms with Crippen LogP contribution >= 0.6 is 0 Å². The van der Waals surface area contributed by atoms with Gasteiger partial charge in [-0.2, -0.15) is 0 Å². The van der Waals surface area contributed by atoms with Crippen molar-refractivity contribution < 1.29 is 4.74 Å². The van der Waals surface area contributed by atoms with Crippen LogP contribution in [0, 0.1) is 0 Å². The monoisotopic (exact) mass is 232 g/mol. The average Bonchev–Trinajstić information content (AvgIpc) is 2.32. The molecule has 2 atom stereocenters. The zero-order valence-electron chi connectivity index (χ0n) is 10.1. The van der Waals surface area contributed by atoms with E-state index in [-0.39, 0.29) is 0 Å². The molecule has 17 heavy (non-hydrogen) atoms. The molecule has 2 bridgehead atoms. The summed E-state index contributed by atoms with van der Waals surface area (Å²) < 4.78 is 5.66. The number of ether oxygens (including phenoxy) is 1. The van der Waals surface area contributed by atoms with E-state index in [1.54, 1.807) is 0 Å². The standard InChI is InChI=1S/C14H20N2O/c15-12-6-13-9-17-10-14(7-12)16(13)8-11-4-2-1-3-5-11/h1-5,12-14H,6-10,15H2. The van der Waals surface area contributed by atoms with Crippen molar-refractivity contribution in [3.63, 3.8) is 0 Å². The summed E-state index contributed by atoms with van der Waals surface area (Å²) in [7, 11) is 0. The molecule has 0 saturated carbocycles. The van der Waals surface area contributed by atoms with E-state index in [0.717, 1.165) is 32.6 Å². The topological polar surface area (TPSA) is 38.5 Å². The minimum atomic E-state index is 0.362. The van der Waals surface area contributed by atoms with Gasteiger partial charge < -0.3 is 10.5 Å². The van der Waals surface area contributed by atoms with E-state index in [4.69, 9.17) is 10.5 Å². The van der Waals surface area contributed by atoms with E-state index in [1.165, 1.54) is 5.56 Å². The van der Waals surface area contributed by atoms with Crippen LogP contribution in [0.5, 0.6) is 0 Å². The summed E-state index contributed by atoms with van der Waals surface area (Å²) in [6.45, 7) is 2.72. The molecule has 0 radical (unpaired) electrons. The van der Waals surface area contributed by atoms with E-state index < -0.39 is 0 Å². The number of piperidine rings is 1. The highest BCUT2D eigenvalue weighted by Crippen LogP contribution is 2.28. The van der Waals surface area contributed by atoms with Crippen molar-refractivity contribution in [1.82, 2.24) is 4.90 Å². The Balaban J connectivity index is 1.74. The number of hydrogen-bond donors (Lipinski definition) is 1. The van der Waals surface area contributed by atoms with Gasteiger partial charge in [0.05, 0.1) is 13.2 Å². The highest BCUT2D eigenvalue weighted by molar-refractivity contribution is 5.15. The molecule has 2 aliphatic rings. The molecule has 2 aliphatic heterocycles. The van der Waals surface area contributed by atoms with Gasteiger partial charge >= 0.3 is 0 Å². The largest absolute Gasteiger partial charge is 0.378 e. The lowest BCUT2D eigenvalue weighted by Crippen LogP contribution is -2.58. The molecular weight excluding hydrogens is 212 g/mol. The lowest BCUT2D eigenvalue weighted by atomic mass is 9.90. The zero-order valence-corrected chi connectivity index (χ0v) is 10.1. The maximum Gasteiger partial charge on any atom is 0.0623 e. The smallest absolute Gasteiger partial charge is 0.0623 e. The molecule has 92 valence electrons. The van der Waals surface area contributed by atoms with Crippen molar-refractivity contribution >= 4 is 0 Å². The lowest BCUT2D eigenvalue weighted by Gasteiger charge is -2.47. The Morgan fingerprint density at radius 3 is 2.41 bits per heavy atom. The molecule has 3 rings (SSSR count). The maximum atomic E-state index is 6.10. The third-order valence-corrected chi connectivity index (χ3v) is 3.92. The van der Waals surface area contributed by atoms with Crippen LogP contribution in [-0.4, -0.2) is 36.2 Å². The molecule has 2 N–H and O–H groups in total. The fraction of sp³-hybridized carbons (Fsp3) is 0.571. The highest BCUT2D eigenvalue weighted by Gasteiger charge is 2.37. The SMILES string of the molecule is NC1CC2COCC(C1)N2Cc1ccccc1. The summed E-state index contributed by atoms with van der Waals surface area (Å²) in [5.74, 6) is 0. The summed E-state index contributed by atoms with van der Waals surface area (Å²) in [5.41, 5.74) is 7.49. The third kappa shape index (κ3) is 2.37. The summed E-state index contributed by atoms with van der Waals surface area (Å²) in [6, 6.07) is 12.1. The van der Waals surface area contributed by atoms with E-state index in [2.05, 4.69) is 35.2 Å². The Morgan fingerprint density at radius 2 is 1.76 bits per heavy atom. The van der Waals surface area contributed by atoms with Crippen molar-refractivity contribution in [2.45, 2.75) is 37.5 Å². The predicted octanol–water partition coefficient (Wildman–Crippen LogP) is 1.38. The van der Waals surface area contributed by atoms with E-state index >= 15 is 0 Å². The second-order valence-corrected chi connectivity index (χ2v) is 5.23. The number of hydrogen-bond acceptors (Lipinski definition) is 3. The lowest BCUT2D eigenvalue weighted by molar-refractivity contribution is -0.0819. The van der Waals surface area contributed by atoms with Gasteiger partial charge in [-0.1, -0.05) is 30.3 Å². The summed E-state index contributed by atoms with van der Waals surface area (Å²) in [4.78, 5) is 2.59. The minimum Gasteiger partial charge on any atom is -0.378 e. The molecule has 1 aromatic carbocycles. The van der Waals surface area contributed by atoms with Crippen molar-refractivity contribution in [2.75, 3.05) is 13.2 Å². The van der Waals surface area contributed by atoms with Gasteiger partial charge in [-0.25, -0.2) is 0 Å². The van der Waals surface area contributed by atoms with E-state index in [0.29, 0.717) is 18.1 Å². The number of nitrogens with two attached hydrogens (primary N) is 1. The minimum absolute atomic E-state index is 0.362. The first kappa shape index (κ1) is 11.2. The molecule has 3 heteroatoms. The van der Waals surface area contributed by atoms with Crippen molar-refractivity contribution in [3.05, 3.63) is 35.9 Å². The second-order valence-electron chi connectivity index (χ2n) is 5.23. The van der Waals surface area contributed by atoms with Gasteiger partial charge in [0, 0.05) is 24.7 Å². The molecule has 0 amide bonds. The predicted molar refractivity (Wildman–Crippen MR) is 67.6 cm³/mol. The first-order valence-electron chi connectivity index (χ1n) is 6.46. The first-order chi connectivity index (χ1) is 8.33. The van der Waals surface area contributed by atoms with E-state index in [1.807, 2.05) is 0 Å². The molecule has 0 aliphatic carbocycles. The second kappa shape index (κ2) is 4.77. The number of morpholine rings is 1. The Hall–Kier alpha value is -0.900. The van der Waals surface area contributed by atoms with Crippen LogP contribution in [-0.2, 0) is 11.3 Å². The molecular formula is C14H20N2O. The molecule has 2 saturated heterocycles. The van der Waals surface area contributed by atoms with Gasteiger partial charge in [0.1, 0.15) is 0 Å².